The molecule has 2 N–H and O–H groups in total. The van der Waals surface area contributed by atoms with Crippen LogP contribution in [0.2, 0.25) is 0 Å². The van der Waals surface area contributed by atoms with E-state index in [1.165, 1.54) is 6.92 Å². The molecular formula is C10H13NOS. The maximum Gasteiger partial charge on any atom is 0.146 e. The van der Waals surface area contributed by atoms with Crippen molar-refractivity contribution in [2.45, 2.75) is 24.3 Å². The Morgan fingerprint density at radius 2 is 2.00 bits per heavy atom. The van der Waals surface area contributed by atoms with E-state index in [2.05, 4.69) is 12.6 Å². The molecule has 0 spiro atoms. The molecule has 0 radical (unpaired) electrons. The Bertz CT molecular complexity index is 294. The first-order valence-electron chi connectivity index (χ1n) is 4.13. The van der Waals surface area contributed by atoms with E-state index in [1.807, 2.05) is 24.3 Å². The summed E-state index contributed by atoms with van der Waals surface area (Å²) in [6, 6.07) is 7.28. The minimum absolute atomic E-state index is 0.0231. The summed E-state index contributed by atoms with van der Waals surface area (Å²) in [5.74, 6) is 0.0231. The van der Waals surface area contributed by atoms with E-state index in [-0.39, 0.29) is 11.8 Å². The zero-order valence-electron chi connectivity index (χ0n) is 7.53. The van der Waals surface area contributed by atoms with Crippen molar-refractivity contribution in [1.82, 2.24) is 0 Å². The SMILES string of the molecule is CC(=O)C(N)Cc1ccc(S)cc1. The molecule has 1 aromatic carbocycles. The number of nitrogens with two attached hydrogens (primary N) is 1. The molecule has 3 heteroatoms. The molecule has 0 aliphatic heterocycles. The topological polar surface area (TPSA) is 43.1 Å². The van der Waals surface area contributed by atoms with E-state index in [0.29, 0.717) is 6.42 Å². The summed E-state index contributed by atoms with van der Waals surface area (Å²) >= 11 is 4.16. The highest BCUT2D eigenvalue weighted by Gasteiger charge is 2.08. The average Bonchev–Trinajstić information content (AvgIpc) is 2.08. The second-order valence-corrected chi connectivity index (χ2v) is 3.60. The van der Waals surface area contributed by atoms with E-state index in [4.69, 9.17) is 5.73 Å². The molecule has 1 aromatic rings. The van der Waals surface area contributed by atoms with Gasteiger partial charge in [0.05, 0.1) is 6.04 Å². The van der Waals surface area contributed by atoms with Gasteiger partial charge in [-0.3, -0.25) is 4.79 Å². The predicted molar refractivity (Wildman–Crippen MR) is 56.1 cm³/mol. The third kappa shape index (κ3) is 3.20. The monoisotopic (exact) mass is 195 g/mol. The number of carbonyl (C=O) groups excluding carboxylic acids is 1. The molecule has 0 aromatic heterocycles. The Morgan fingerprint density at radius 3 is 2.46 bits per heavy atom. The van der Waals surface area contributed by atoms with E-state index >= 15 is 0 Å². The van der Waals surface area contributed by atoms with Gasteiger partial charge < -0.3 is 5.73 Å². The molecular weight excluding hydrogens is 182 g/mol. The summed E-state index contributed by atoms with van der Waals surface area (Å²) in [5.41, 5.74) is 6.69. The van der Waals surface area contributed by atoms with Gasteiger partial charge in [0.15, 0.2) is 0 Å². The largest absolute Gasteiger partial charge is 0.321 e. The molecule has 70 valence electrons. The number of Topliss-reactive ketones (excluding diaryl/α,β-unsaturated/α-hetero) is 1. The fourth-order valence-corrected chi connectivity index (χ4v) is 1.18. The Morgan fingerprint density at radius 1 is 1.46 bits per heavy atom. The molecule has 0 bridgehead atoms. The molecule has 0 aliphatic carbocycles. The van der Waals surface area contributed by atoms with Crippen molar-refractivity contribution in [2.24, 2.45) is 5.73 Å². The number of hydrogen-bond donors (Lipinski definition) is 2. The Labute approximate surface area is 83.5 Å². The number of ketones is 1. The van der Waals surface area contributed by atoms with Crippen molar-refractivity contribution in [1.29, 1.82) is 0 Å². The van der Waals surface area contributed by atoms with E-state index in [9.17, 15) is 4.79 Å². The van der Waals surface area contributed by atoms with Crippen molar-refractivity contribution in [2.75, 3.05) is 0 Å². The fraction of sp³-hybridized carbons (Fsp3) is 0.300. The zero-order valence-corrected chi connectivity index (χ0v) is 8.42. The van der Waals surface area contributed by atoms with Gasteiger partial charge in [-0.2, -0.15) is 0 Å². The highest BCUT2D eigenvalue weighted by Crippen LogP contribution is 2.09. The highest BCUT2D eigenvalue weighted by atomic mass is 32.1. The minimum atomic E-state index is -0.384. The third-order valence-electron chi connectivity index (χ3n) is 1.91. The van der Waals surface area contributed by atoms with Crippen LogP contribution in [0.15, 0.2) is 29.2 Å². The molecule has 0 saturated carbocycles. The van der Waals surface area contributed by atoms with Crippen molar-refractivity contribution >= 4 is 18.4 Å². The van der Waals surface area contributed by atoms with E-state index in [1.54, 1.807) is 0 Å². The third-order valence-corrected chi connectivity index (χ3v) is 2.21. The van der Waals surface area contributed by atoms with Crippen LogP contribution in [0.25, 0.3) is 0 Å². The number of benzene rings is 1. The second-order valence-electron chi connectivity index (χ2n) is 3.09. The summed E-state index contributed by atoms with van der Waals surface area (Å²) in [4.78, 5) is 11.8. The maximum atomic E-state index is 10.9. The lowest BCUT2D eigenvalue weighted by atomic mass is 10.0. The van der Waals surface area contributed by atoms with Gasteiger partial charge >= 0.3 is 0 Å². The smallest absolute Gasteiger partial charge is 0.146 e. The summed E-state index contributed by atoms with van der Waals surface area (Å²) in [5, 5.41) is 0. The Balaban J connectivity index is 2.64. The van der Waals surface area contributed by atoms with Crippen molar-refractivity contribution in [3.63, 3.8) is 0 Å². The molecule has 1 rings (SSSR count). The lowest BCUT2D eigenvalue weighted by Crippen LogP contribution is -2.30. The molecule has 0 aliphatic rings. The first-order chi connectivity index (χ1) is 6.09. The normalized spacial score (nSPS) is 12.5. The second kappa shape index (κ2) is 4.44. The van der Waals surface area contributed by atoms with E-state index in [0.717, 1.165) is 10.5 Å². The summed E-state index contributed by atoms with van der Waals surface area (Å²) in [7, 11) is 0. The lowest BCUT2D eigenvalue weighted by molar-refractivity contribution is -0.118. The molecule has 0 fully saturated rings. The van der Waals surface area contributed by atoms with Gasteiger partial charge in [-0.15, -0.1) is 12.6 Å². The molecule has 0 heterocycles. The average molecular weight is 195 g/mol. The number of carbonyl (C=O) groups is 1. The lowest BCUT2D eigenvalue weighted by Gasteiger charge is -2.07. The number of thiol groups is 1. The standard InChI is InChI=1S/C10H13NOS/c1-7(12)10(11)6-8-2-4-9(13)5-3-8/h2-5,10,13H,6,11H2,1H3. The first-order valence-corrected chi connectivity index (χ1v) is 4.58. The molecule has 13 heavy (non-hydrogen) atoms. The van der Waals surface area contributed by atoms with Crippen LogP contribution in [0, 0.1) is 0 Å². The van der Waals surface area contributed by atoms with Crippen molar-refractivity contribution < 1.29 is 4.79 Å². The first kappa shape index (κ1) is 10.3. The fourth-order valence-electron chi connectivity index (χ4n) is 1.03. The van der Waals surface area contributed by atoms with Gasteiger partial charge in [-0.1, -0.05) is 12.1 Å². The van der Waals surface area contributed by atoms with Gasteiger partial charge in [0.2, 0.25) is 0 Å². The molecule has 1 unspecified atom stereocenters. The van der Waals surface area contributed by atoms with Gasteiger partial charge in [0.1, 0.15) is 5.78 Å². The van der Waals surface area contributed by atoms with Gasteiger partial charge in [0, 0.05) is 4.90 Å². The maximum absolute atomic E-state index is 10.9. The van der Waals surface area contributed by atoms with Gasteiger partial charge in [-0.25, -0.2) is 0 Å². The zero-order chi connectivity index (χ0) is 9.84. The van der Waals surface area contributed by atoms with Gasteiger partial charge in [-0.05, 0) is 31.0 Å². The van der Waals surface area contributed by atoms with Crippen LogP contribution in [0.5, 0.6) is 0 Å². The minimum Gasteiger partial charge on any atom is -0.321 e. The van der Waals surface area contributed by atoms with Crippen molar-refractivity contribution in [3.8, 4) is 0 Å². The van der Waals surface area contributed by atoms with Crippen LogP contribution in [0.3, 0.4) is 0 Å². The highest BCUT2D eigenvalue weighted by molar-refractivity contribution is 7.80. The number of rotatable bonds is 3. The number of hydrogen-bond acceptors (Lipinski definition) is 3. The van der Waals surface area contributed by atoms with Crippen LogP contribution in [0.1, 0.15) is 12.5 Å². The molecule has 0 saturated heterocycles. The summed E-state index contributed by atoms with van der Waals surface area (Å²) in [6.07, 6.45) is 0.601. The Hall–Kier alpha value is -0.800. The van der Waals surface area contributed by atoms with Crippen LogP contribution < -0.4 is 5.73 Å². The Kier molecular flexibility index (Phi) is 3.51. The summed E-state index contributed by atoms with van der Waals surface area (Å²) < 4.78 is 0. The quantitative estimate of drug-likeness (QED) is 0.717. The van der Waals surface area contributed by atoms with Crippen LogP contribution in [0.4, 0.5) is 0 Å². The van der Waals surface area contributed by atoms with Crippen LogP contribution in [-0.2, 0) is 11.2 Å². The molecule has 1 atom stereocenters. The van der Waals surface area contributed by atoms with Crippen LogP contribution in [-0.4, -0.2) is 11.8 Å². The van der Waals surface area contributed by atoms with Crippen molar-refractivity contribution in [3.05, 3.63) is 29.8 Å². The summed E-state index contributed by atoms with van der Waals surface area (Å²) in [6.45, 7) is 1.51. The van der Waals surface area contributed by atoms with E-state index < -0.39 is 0 Å². The van der Waals surface area contributed by atoms with Gasteiger partial charge in [0.25, 0.3) is 0 Å². The molecule has 2 nitrogen and oxygen atoms in total. The predicted octanol–water partition coefficient (Wildman–Crippen LogP) is 1.43. The molecule has 0 amide bonds. The van der Waals surface area contributed by atoms with Crippen LogP contribution >= 0.6 is 12.6 Å².